The first-order valence-corrected chi connectivity index (χ1v) is 14.7. The van der Waals surface area contributed by atoms with Crippen LogP contribution in [-0.4, -0.2) is 16.0 Å². The number of rotatable bonds is 6. The number of imide groups is 1. The van der Waals surface area contributed by atoms with Crippen LogP contribution < -0.4 is 4.74 Å². The highest BCUT2D eigenvalue weighted by Crippen LogP contribution is 2.39. The van der Waals surface area contributed by atoms with Crippen molar-refractivity contribution >= 4 is 82.4 Å². The van der Waals surface area contributed by atoms with Crippen molar-refractivity contribution in [2.75, 3.05) is 0 Å². The number of benzene rings is 5. The highest BCUT2D eigenvalue weighted by molar-refractivity contribution is 9.11. The molecule has 1 saturated heterocycles. The second kappa shape index (κ2) is 11.0. The van der Waals surface area contributed by atoms with Crippen molar-refractivity contribution in [1.82, 2.24) is 4.90 Å². The van der Waals surface area contributed by atoms with Crippen LogP contribution in [0.25, 0.3) is 27.6 Å². The summed E-state index contributed by atoms with van der Waals surface area (Å²) in [6.07, 6.45) is 1.75. The van der Waals surface area contributed by atoms with Gasteiger partial charge in [0.05, 0.1) is 20.4 Å². The van der Waals surface area contributed by atoms with E-state index in [0.717, 1.165) is 53.6 Å². The Morgan fingerprint density at radius 3 is 2.26 bits per heavy atom. The van der Waals surface area contributed by atoms with Crippen LogP contribution in [-0.2, 0) is 17.9 Å². The lowest BCUT2D eigenvalue weighted by atomic mass is 10.1. The Morgan fingerprint density at radius 1 is 0.769 bits per heavy atom. The molecule has 7 heteroatoms. The standard InChI is InChI=1S/C32H21Br2NO3S/c33-27-15-21(16-28(34)30(27)38-19-25-10-5-9-23-7-3-4-11-26(23)25)17-29-31(36)35(32(37)39-29)18-20-12-13-22-6-1-2-8-24(22)14-20/h1-17H,18-19H2/b29-17-. The normalized spacial score (nSPS) is 14.6. The summed E-state index contributed by atoms with van der Waals surface area (Å²) in [6, 6.07) is 32.2. The van der Waals surface area contributed by atoms with Gasteiger partial charge in [-0.15, -0.1) is 0 Å². The van der Waals surface area contributed by atoms with Gasteiger partial charge >= 0.3 is 0 Å². The third-order valence-corrected chi connectivity index (χ3v) is 8.68. The molecule has 1 aliphatic heterocycles. The van der Waals surface area contributed by atoms with Crippen LogP contribution in [0.2, 0.25) is 0 Å². The van der Waals surface area contributed by atoms with E-state index < -0.39 is 0 Å². The van der Waals surface area contributed by atoms with Crippen molar-refractivity contribution in [3.05, 3.63) is 128 Å². The average Bonchev–Trinajstić information content (AvgIpc) is 3.19. The molecule has 0 bridgehead atoms. The second-order valence-corrected chi connectivity index (χ2v) is 11.9. The third-order valence-electron chi connectivity index (χ3n) is 6.60. The fourth-order valence-electron chi connectivity index (χ4n) is 4.68. The summed E-state index contributed by atoms with van der Waals surface area (Å²) in [7, 11) is 0. The van der Waals surface area contributed by atoms with E-state index in [1.165, 1.54) is 10.3 Å². The topological polar surface area (TPSA) is 46.6 Å². The van der Waals surface area contributed by atoms with Gasteiger partial charge in [-0.05, 0) is 106 Å². The molecule has 1 fully saturated rings. The molecule has 0 spiro atoms. The number of ether oxygens (including phenoxy) is 1. The van der Waals surface area contributed by atoms with Crippen LogP contribution in [0, 0.1) is 0 Å². The van der Waals surface area contributed by atoms with E-state index in [1.807, 2.05) is 72.8 Å². The molecule has 0 atom stereocenters. The molecule has 0 N–H and O–H groups in total. The van der Waals surface area contributed by atoms with Crippen LogP contribution in [0.1, 0.15) is 16.7 Å². The van der Waals surface area contributed by atoms with Gasteiger partial charge in [0.1, 0.15) is 12.4 Å². The fourth-order valence-corrected chi connectivity index (χ4v) is 6.97. The first-order chi connectivity index (χ1) is 19.0. The van der Waals surface area contributed by atoms with Gasteiger partial charge in [0.15, 0.2) is 0 Å². The highest BCUT2D eigenvalue weighted by Gasteiger charge is 2.35. The maximum atomic E-state index is 13.2. The van der Waals surface area contributed by atoms with Gasteiger partial charge in [-0.25, -0.2) is 0 Å². The first-order valence-electron chi connectivity index (χ1n) is 12.3. The van der Waals surface area contributed by atoms with E-state index in [9.17, 15) is 9.59 Å². The zero-order valence-corrected chi connectivity index (χ0v) is 24.6. The quantitative estimate of drug-likeness (QED) is 0.171. The molecular weight excluding hydrogens is 638 g/mol. The van der Waals surface area contributed by atoms with Crippen molar-refractivity contribution in [3.63, 3.8) is 0 Å². The van der Waals surface area contributed by atoms with E-state index in [2.05, 4.69) is 56.1 Å². The number of hydrogen-bond donors (Lipinski definition) is 0. The number of fused-ring (bicyclic) bond motifs is 2. The van der Waals surface area contributed by atoms with Crippen LogP contribution >= 0.6 is 43.6 Å². The minimum Gasteiger partial charge on any atom is -0.487 e. The van der Waals surface area contributed by atoms with Crippen molar-refractivity contribution in [2.24, 2.45) is 0 Å². The van der Waals surface area contributed by atoms with E-state index in [-0.39, 0.29) is 17.7 Å². The molecule has 0 aromatic heterocycles. The smallest absolute Gasteiger partial charge is 0.293 e. The van der Waals surface area contributed by atoms with Crippen LogP contribution in [0.5, 0.6) is 5.75 Å². The maximum Gasteiger partial charge on any atom is 0.293 e. The number of amides is 2. The second-order valence-electron chi connectivity index (χ2n) is 9.19. The van der Waals surface area contributed by atoms with E-state index >= 15 is 0 Å². The van der Waals surface area contributed by atoms with Gasteiger partial charge < -0.3 is 4.74 Å². The van der Waals surface area contributed by atoms with Crippen molar-refractivity contribution in [1.29, 1.82) is 0 Å². The molecule has 1 heterocycles. The van der Waals surface area contributed by atoms with E-state index in [0.29, 0.717) is 17.3 Å². The fraction of sp³-hybridized carbons (Fsp3) is 0.0625. The summed E-state index contributed by atoms with van der Waals surface area (Å²) in [5.41, 5.74) is 2.79. The van der Waals surface area contributed by atoms with E-state index in [1.54, 1.807) is 6.08 Å². The van der Waals surface area contributed by atoms with Gasteiger partial charge in [0.25, 0.3) is 11.1 Å². The molecule has 39 heavy (non-hydrogen) atoms. The summed E-state index contributed by atoms with van der Waals surface area (Å²) in [5, 5.41) is 4.25. The van der Waals surface area contributed by atoms with Crippen molar-refractivity contribution in [2.45, 2.75) is 13.2 Å². The number of nitrogens with zero attached hydrogens (tertiary/aromatic N) is 1. The SMILES string of the molecule is O=C1S/C(=C\c2cc(Br)c(OCc3cccc4ccccc34)c(Br)c2)C(=O)N1Cc1ccc2ccccc2c1. The minimum absolute atomic E-state index is 0.237. The molecule has 0 aliphatic carbocycles. The molecule has 4 nitrogen and oxygen atoms in total. The van der Waals surface area contributed by atoms with Gasteiger partial charge in [0.2, 0.25) is 0 Å². The molecule has 6 rings (SSSR count). The van der Waals surface area contributed by atoms with Crippen LogP contribution in [0.15, 0.2) is 111 Å². The lowest BCUT2D eigenvalue weighted by molar-refractivity contribution is -0.123. The number of carbonyl (C=O) groups excluding carboxylic acids is 2. The predicted molar refractivity (Wildman–Crippen MR) is 166 cm³/mol. The summed E-state index contributed by atoms with van der Waals surface area (Å²) < 4.78 is 7.69. The minimum atomic E-state index is -0.290. The molecule has 5 aromatic carbocycles. The Balaban J connectivity index is 1.19. The molecule has 192 valence electrons. The van der Waals surface area contributed by atoms with Gasteiger partial charge in [-0.1, -0.05) is 78.9 Å². The summed E-state index contributed by atoms with van der Waals surface area (Å²) in [6.45, 7) is 0.646. The number of hydrogen-bond acceptors (Lipinski definition) is 4. The Hall–Kier alpha value is -3.39. The Morgan fingerprint density at radius 2 is 1.46 bits per heavy atom. The number of thioether (sulfide) groups is 1. The Labute approximate surface area is 246 Å². The van der Waals surface area contributed by atoms with Gasteiger partial charge in [-0.3, -0.25) is 14.5 Å². The van der Waals surface area contributed by atoms with Gasteiger partial charge in [-0.2, -0.15) is 0 Å². The van der Waals surface area contributed by atoms with Crippen LogP contribution in [0.4, 0.5) is 4.79 Å². The maximum absolute atomic E-state index is 13.2. The third kappa shape index (κ3) is 5.39. The zero-order valence-electron chi connectivity index (χ0n) is 20.6. The average molecular weight is 659 g/mol. The molecular formula is C32H21Br2NO3S. The molecule has 2 amide bonds. The first kappa shape index (κ1) is 25.9. The number of halogens is 2. The summed E-state index contributed by atoms with van der Waals surface area (Å²) in [4.78, 5) is 27.6. The largest absolute Gasteiger partial charge is 0.487 e. The van der Waals surface area contributed by atoms with Crippen molar-refractivity contribution < 1.29 is 14.3 Å². The molecule has 0 unspecified atom stereocenters. The van der Waals surface area contributed by atoms with E-state index in [4.69, 9.17) is 4.74 Å². The predicted octanol–water partition coefficient (Wildman–Crippen LogP) is 9.33. The molecule has 0 saturated carbocycles. The van der Waals surface area contributed by atoms with Gasteiger partial charge in [0, 0.05) is 0 Å². The highest BCUT2D eigenvalue weighted by atomic mass is 79.9. The molecule has 5 aromatic rings. The summed E-state index contributed by atoms with van der Waals surface area (Å²) in [5.74, 6) is 0.381. The Kier molecular flexibility index (Phi) is 7.30. The molecule has 0 radical (unpaired) electrons. The summed E-state index contributed by atoms with van der Waals surface area (Å²) >= 11 is 8.20. The lowest BCUT2D eigenvalue weighted by Crippen LogP contribution is -2.27. The van der Waals surface area contributed by atoms with Crippen LogP contribution in [0.3, 0.4) is 0 Å². The number of carbonyl (C=O) groups is 2. The lowest BCUT2D eigenvalue weighted by Gasteiger charge is -2.13. The van der Waals surface area contributed by atoms with Crippen molar-refractivity contribution in [3.8, 4) is 5.75 Å². The Bertz CT molecular complexity index is 1770. The monoisotopic (exact) mass is 657 g/mol. The zero-order chi connectivity index (χ0) is 26.9. The molecule has 1 aliphatic rings.